The second kappa shape index (κ2) is 5.47. The molecule has 2 aliphatic rings. The standard InChI is InChI=1S/C12H19F3N2O/c13-12(14,15)9-3-2-6-17(8-9)11(18)7-10-4-1-5-16-10/h9-10,16H,1-8H2/t9-,10-/m1/s1. The zero-order valence-electron chi connectivity index (χ0n) is 10.3. The molecule has 0 aromatic heterocycles. The van der Waals surface area contributed by atoms with E-state index in [1.54, 1.807) is 0 Å². The van der Waals surface area contributed by atoms with E-state index in [-0.39, 0.29) is 24.9 Å². The van der Waals surface area contributed by atoms with Crippen LogP contribution in [0.4, 0.5) is 13.2 Å². The number of piperidine rings is 1. The summed E-state index contributed by atoms with van der Waals surface area (Å²) in [7, 11) is 0. The Kier molecular flexibility index (Phi) is 4.14. The number of likely N-dealkylation sites (tertiary alicyclic amines) is 1. The smallest absolute Gasteiger partial charge is 0.342 e. The van der Waals surface area contributed by atoms with Crippen LogP contribution < -0.4 is 5.32 Å². The Bertz CT molecular complexity index is 300. The number of hydrogen-bond acceptors (Lipinski definition) is 2. The van der Waals surface area contributed by atoms with E-state index in [2.05, 4.69) is 5.32 Å². The van der Waals surface area contributed by atoms with Crippen LogP contribution in [0.2, 0.25) is 0 Å². The van der Waals surface area contributed by atoms with E-state index in [9.17, 15) is 18.0 Å². The van der Waals surface area contributed by atoms with E-state index < -0.39 is 12.1 Å². The minimum atomic E-state index is -4.18. The van der Waals surface area contributed by atoms with Gasteiger partial charge in [-0.2, -0.15) is 13.2 Å². The molecule has 3 nitrogen and oxygen atoms in total. The highest BCUT2D eigenvalue weighted by atomic mass is 19.4. The highest BCUT2D eigenvalue weighted by Crippen LogP contribution is 2.33. The number of nitrogens with zero attached hydrogens (tertiary/aromatic N) is 1. The second-order valence-corrected chi connectivity index (χ2v) is 5.22. The number of amides is 1. The van der Waals surface area contributed by atoms with Crippen molar-refractivity contribution in [3.8, 4) is 0 Å². The van der Waals surface area contributed by atoms with Crippen molar-refractivity contribution >= 4 is 5.91 Å². The fraction of sp³-hybridized carbons (Fsp3) is 0.917. The van der Waals surface area contributed by atoms with Crippen molar-refractivity contribution in [3.63, 3.8) is 0 Å². The molecule has 2 saturated heterocycles. The van der Waals surface area contributed by atoms with Gasteiger partial charge in [0.05, 0.1) is 5.92 Å². The maximum atomic E-state index is 12.6. The summed E-state index contributed by atoms with van der Waals surface area (Å²) in [5.74, 6) is -1.48. The summed E-state index contributed by atoms with van der Waals surface area (Å²) < 4.78 is 37.9. The van der Waals surface area contributed by atoms with Crippen LogP contribution >= 0.6 is 0 Å². The summed E-state index contributed by atoms with van der Waals surface area (Å²) >= 11 is 0. The Hall–Kier alpha value is -0.780. The van der Waals surface area contributed by atoms with Crippen molar-refractivity contribution in [2.75, 3.05) is 19.6 Å². The van der Waals surface area contributed by atoms with Gasteiger partial charge in [0.1, 0.15) is 0 Å². The number of nitrogens with one attached hydrogen (secondary N) is 1. The van der Waals surface area contributed by atoms with E-state index >= 15 is 0 Å². The van der Waals surface area contributed by atoms with Gasteiger partial charge in [-0.05, 0) is 32.2 Å². The summed E-state index contributed by atoms with van der Waals surface area (Å²) in [6, 6.07) is 0.156. The first-order chi connectivity index (χ1) is 8.47. The number of carbonyl (C=O) groups excluding carboxylic acids is 1. The van der Waals surface area contributed by atoms with E-state index in [0.29, 0.717) is 19.4 Å². The van der Waals surface area contributed by atoms with Crippen LogP contribution in [0.5, 0.6) is 0 Å². The van der Waals surface area contributed by atoms with Gasteiger partial charge in [0, 0.05) is 25.6 Å². The molecule has 2 fully saturated rings. The third kappa shape index (κ3) is 3.37. The van der Waals surface area contributed by atoms with Crippen LogP contribution in [0.15, 0.2) is 0 Å². The monoisotopic (exact) mass is 264 g/mol. The molecule has 2 atom stereocenters. The molecule has 2 aliphatic heterocycles. The molecule has 0 unspecified atom stereocenters. The van der Waals surface area contributed by atoms with Crippen LogP contribution in [0, 0.1) is 5.92 Å². The number of rotatable bonds is 2. The molecule has 0 aromatic carbocycles. The van der Waals surface area contributed by atoms with Gasteiger partial charge in [-0.3, -0.25) is 4.79 Å². The third-order valence-corrected chi connectivity index (χ3v) is 3.82. The molecule has 2 heterocycles. The lowest BCUT2D eigenvalue weighted by atomic mass is 9.97. The van der Waals surface area contributed by atoms with Crippen LogP contribution in [-0.4, -0.2) is 42.7 Å². The Morgan fingerprint density at radius 1 is 1.28 bits per heavy atom. The van der Waals surface area contributed by atoms with Gasteiger partial charge in [-0.1, -0.05) is 0 Å². The first-order valence-corrected chi connectivity index (χ1v) is 6.54. The van der Waals surface area contributed by atoms with Crippen molar-refractivity contribution in [1.82, 2.24) is 10.2 Å². The lowest BCUT2D eigenvalue weighted by Gasteiger charge is -2.34. The Morgan fingerprint density at radius 2 is 2.06 bits per heavy atom. The second-order valence-electron chi connectivity index (χ2n) is 5.22. The molecule has 1 N–H and O–H groups in total. The molecule has 0 aromatic rings. The first-order valence-electron chi connectivity index (χ1n) is 6.54. The topological polar surface area (TPSA) is 32.3 Å². The van der Waals surface area contributed by atoms with Gasteiger partial charge < -0.3 is 10.2 Å². The average molecular weight is 264 g/mol. The van der Waals surface area contributed by atoms with E-state index in [4.69, 9.17) is 0 Å². The van der Waals surface area contributed by atoms with Gasteiger partial charge in [0.15, 0.2) is 0 Å². The predicted octanol–water partition coefficient (Wildman–Crippen LogP) is 1.93. The van der Waals surface area contributed by atoms with Crippen LogP contribution in [0.25, 0.3) is 0 Å². The van der Waals surface area contributed by atoms with E-state index in [1.165, 1.54) is 4.90 Å². The molecule has 18 heavy (non-hydrogen) atoms. The van der Waals surface area contributed by atoms with Gasteiger partial charge in [0.2, 0.25) is 5.91 Å². The quantitative estimate of drug-likeness (QED) is 0.826. The van der Waals surface area contributed by atoms with Crippen molar-refractivity contribution in [2.45, 2.75) is 44.3 Å². The van der Waals surface area contributed by atoms with E-state index in [1.807, 2.05) is 0 Å². The minimum Gasteiger partial charge on any atom is -0.342 e. The summed E-state index contributed by atoms with van der Waals surface area (Å²) in [6.07, 6.45) is -1.25. The van der Waals surface area contributed by atoms with Gasteiger partial charge in [-0.15, -0.1) is 0 Å². The SMILES string of the molecule is O=C(C[C@H]1CCCN1)N1CCC[C@@H](C(F)(F)F)C1. The molecule has 2 rings (SSSR count). The normalized spacial score (nSPS) is 29.6. The largest absolute Gasteiger partial charge is 0.393 e. The highest BCUT2D eigenvalue weighted by molar-refractivity contribution is 5.77. The lowest BCUT2D eigenvalue weighted by molar-refractivity contribution is -0.188. The minimum absolute atomic E-state index is 0.136. The van der Waals surface area contributed by atoms with Crippen LogP contribution in [0.1, 0.15) is 32.1 Å². The maximum Gasteiger partial charge on any atom is 0.393 e. The summed E-state index contributed by atoms with van der Waals surface area (Å²) in [4.78, 5) is 13.3. The van der Waals surface area contributed by atoms with Gasteiger partial charge in [-0.25, -0.2) is 0 Å². The molecular weight excluding hydrogens is 245 g/mol. The maximum absolute atomic E-state index is 12.6. The zero-order chi connectivity index (χ0) is 13.2. The Balaban J connectivity index is 1.86. The summed E-state index contributed by atoms with van der Waals surface area (Å²) in [5.41, 5.74) is 0. The van der Waals surface area contributed by atoms with E-state index in [0.717, 1.165) is 19.4 Å². The number of alkyl halides is 3. The number of halogens is 3. The average Bonchev–Trinajstić information content (AvgIpc) is 2.81. The molecule has 104 valence electrons. The summed E-state index contributed by atoms with van der Waals surface area (Å²) in [5, 5.41) is 3.20. The molecule has 0 spiro atoms. The van der Waals surface area contributed by atoms with Crippen LogP contribution in [-0.2, 0) is 4.79 Å². The van der Waals surface area contributed by atoms with Crippen molar-refractivity contribution in [2.24, 2.45) is 5.92 Å². The highest BCUT2D eigenvalue weighted by Gasteiger charge is 2.42. The molecular formula is C12H19F3N2O. The molecule has 1 amide bonds. The number of carbonyl (C=O) groups is 1. The predicted molar refractivity (Wildman–Crippen MR) is 61.0 cm³/mol. The van der Waals surface area contributed by atoms with Crippen molar-refractivity contribution in [3.05, 3.63) is 0 Å². The van der Waals surface area contributed by atoms with Gasteiger partial charge in [0.25, 0.3) is 0 Å². The molecule has 0 radical (unpaired) electrons. The first kappa shape index (κ1) is 13.6. The van der Waals surface area contributed by atoms with Crippen LogP contribution in [0.3, 0.4) is 0 Å². The third-order valence-electron chi connectivity index (χ3n) is 3.82. The molecule has 0 aliphatic carbocycles. The lowest BCUT2D eigenvalue weighted by Crippen LogP contribution is -2.45. The Morgan fingerprint density at radius 3 is 2.67 bits per heavy atom. The molecule has 0 bridgehead atoms. The summed E-state index contributed by atoms with van der Waals surface area (Å²) in [6.45, 7) is 1.22. The fourth-order valence-electron chi connectivity index (χ4n) is 2.74. The van der Waals surface area contributed by atoms with Crippen molar-refractivity contribution in [1.29, 1.82) is 0 Å². The fourth-order valence-corrected chi connectivity index (χ4v) is 2.74. The number of hydrogen-bond donors (Lipinski definition) is 1. The van der Waals surface area contributed by atoms with Gasteiger partial charge >= 0.3 is 6.18 Å². The Labute approximate surface area is 105 Å². The molecule has 6 heteroatoms. The van der Waals surface area contributed by atoms with Crippen molar-refractivity contribution < 1.29 is 18.0 Å². The molecule has 0 saturated carbocycles. The zero-order valence-corrected chi connectivity index (χ0v) is 10.3.